The van der Waals surface area contributed by atoms with Gasteiger partial charge in [0.2, 0.25) is 5.91 Å². The van der Waals surface area contributed by atoms with E-state index in [9.17, 15) is 4.79 Å². The van der Waals surface area contributed by atoms with Gasteiger partial charge in [-0.05, 0) is 19.4 Å². The maximum absolute atomic E-state index is 13.0. The standard InChI is InChI=1S/C16H20ClNO3/c1-11-10-21-12(8-17)9-18(11)16(19)14-6-7-20-15-5-3-2-4-13(14)15/h2-5,11-12,14H,6-10H2,1H3. The Bertz CT molecular complexity index is 522. The Labute approximate surface area is 130 Å². The highest BCUT2D eigenvalue weighted by atomic mass is 35.5. The van der Waals surface area contributed by atoms with Crippen LogP contribution >= 0.6 is 11.6 Å². The van der Waals surface area contributed by atoms with E-state index in [4.69, 9.17) is 21.1 Å². The van der Waals surface area contributed by atoms with Crippen molar-refractivity contribution in [3.63, 3.8) is 0 Å². The van der Waals surface area contributed by atoms with Crippen molar-refractivity contribution in [1.29, 1.82) is 0 Å². The van der Waals surface area contributed by atoms with E-state index in [2.05, 4.69) is 0 Å². The minimum atomic E-state index is -0.119. The maximum atomic E-state index is 13.0. The van der Waals surface area contributed by atoms with Gasteiger partial charge in [-0.15, -0.1) is 11.6 Å². The van der Waals surface area contributed by atoms with E-state index in [1.54, 1.807) is 0 Å². The molecule has 0 bridgehead atoms. The van der Waals surface area contributed by atoms with Crippen LogP contribution in [0.3, 0.4) is 0 Å². The summed E-state index contributed by atoms with van der Waals surface area (Å²) in [6, 6.07) is 7.90. The zero-order chi connectivity index (χ0) is 14.8. The van der Waals surface area contributed by atoms with Gasteiger partial charge >= 0.3 is 0 Å². The fraction of sp³-hybridized carbons (Fsp3) is 0.562. The Balaban J connectivity index is 1.82. The number of alkyl halides is 1. The number of carbonyl (C=O) groups excluding carboxylic acids is 1. The molecule has 1 amide bonds. The molecule has 4 nitrogen and oxygen atoms in total. The SMILES string of the molecule is CC1COC(CCl)CN1C(=O)C1CCOc2ccccc21. The zero-order valence-corrected chi connectivity index (χ0v) is 12.9. The van der Waals surface area contributed by atoms with Gasteiger partial charge in [0.05, 0.1) is 37.2 Å². The van der Waals surface area contributed by atoms with Gasteiger partial charge in [0.1, 0.15) is 5.75 Å². The van der Waals surface area contributed by atoms with Crippen molar-refractivity contribution < 1.29 is 14.3 Å². The molecule has 5 heteroatoms. The molecule has 2 aliphatic heterocycles. The number of morpholine rings is 1. The van der Waals surface area contributed by atoms with Crippen LogP contribution in [0.1, 0.15) is 24.8 Å². The first-order chi connectivity index (χ1) is 10.2. The number of halogens is 1. The summed E-state index contributed by atoms with van der Waals surface area (Å²) < 4.78 is 11.3. The summed E-state index contributed by atoms with van der Waals surface area (Å²) in [5.74, 6) is 1.29. The number of hydrogen-bond donors (Lipinski definition) is 0. The number of benzene rings is 1. The van der Waals surface area contributed by atoms with Gasteiger partial charge in [0.25, 0.3) is 0 Å². The number of hydrogen-bond acceptors (Lipinski definition) is 3. The van der Waals surface area contributed by atoms with Crippen LogP contribution in [-0.4, -0.2) is 48.6 Å². The molecule has 0 radical (unpaired) electrons. The number of nitrogens with zero attached hydrogens (tertiary/aromatic N) is 1. The first-order valence-corrected chi connectivity index (χ1v) is 7.94. The molecule has 2 heterocycles. The van der Waals surface area contributed by atoms with E-state index < -0.39 is 0 Å². The largest absolute Gasteiger partial charge is 0.493 e. The Morgan fingerprint density at radius 3 is 3.05 bits per heavy atom. The van der Waals surface area contributed by atoms with Gasteiger partial charge in [0.15, 0.2) is 0 Å². The first kappa shape index (κ1) is 14.7. The molecular formula is C16H20ClNO3. The summed E-state index contributed by atoms with van der Waals surface area (Å²) >= 11 is 5.88. The Morgan fingerprint density at radius 2 is 2.24 bits per heavy atom. The summed E-state index contributed by atoms with van der Waals surface area (Å²) in [7, 11) is 0. The number of rotatable bonds is 2. The molecule has 21 heavy (non-hydrogen) atoms. The highest BCUT2D eigenvalue weighted by molar-refractivity contribution is 6.18. The second-order valence-electron chi connectivity index (χ2n) is 5.68. The number of para-hydroxylation sites is 1. The van der Waals surface area contributed by atoms with Gasteiger partial charge in [-0.3, -0.25) is 4.79 Å². The fourth-order valence-electron chi connectivity index (χ4n) is 3.02. The smallest absolute Gasteiger partial charge is 0.230 e. The highest BCUT2D eigenvalue weighted by Gasteiger charge is 2.36. The molecule has 3 rings (SSSR count). The molecule has 114 valence electrons. The highest BCUT2D eigenvalue weighted by Crippen LogP contribution is 2.35. The van der Waals surface area contributed by atoms with Crippen molar-refractivity contribution in [2.24, 2.45) is 0 Å². The summed E-state index contributed by atoms with van der Waals surface area (Å²) in [5, 5.41) is 0. The zero-order valence-electron chi connectivity index (χ0n) is 12.1. The van der Waals surface area contributed by atoms with Crippen molar-refractivity contribution in [1.82, 2.24) is 4.90 Å². The molecule has 0 spiro atoms. The van der Waals surface area contributed by atoms with E-state index in [1.165, 1.54) is 0 Å². The quantitative estimate of drug-likeness (QED) is 0.788. The first-order valence-electron chi connectivity index (χ1n) is 7.40. The predicted octanol–water partition coefficient (Wildman–Crippen LogP) is 2.41. The van der Waals surface area contributed by atoms with Crippen molar-refractivity contribution in [2.45, 2.75) is 31.4 Å². The second kappa shape index (κ2) is 6.24. The molecule has 3 atom stereocenters. The van der Waals surface area contributed by atoms with E-state index in [-0.39, 0.29) is 24.0 Å². The van der Waals surface area contributed by atoms with Crippen molar-refractivity contribution in [2.75, 3.05) is 25.6 Å². The van der Waals surface area contributed by atoms with Crippen LogP contribution in [0, 0.1) is 0 Å². The second-order valence-corrected chi connectivity index (χ2v) is 5.99. The van der Waals surface area contributed by atoms with Crippen molar-refractivity contribution in [3.8, 4) is 5.75 Å². The van der Waals surface area contributed by atoms with E-state index in [0.29, 0.717) is 25.6 Å². The Morgan fingerprint density at radius 1 is 1.43 bits per heavy atom. The van der Waals surface area contributed by atoms with Crippen molar-refractivity contribution in [3.05, 3.63) is 29.8 Å². The Kier molecular flexibility index (Phi) is 4.36. The molecule has 0 aromatic heterocycles. The lowest BCUT2D eigenvalue weighted by molar-refractivity contribution is -0.145. The lowest BCUT2D eigenvalue weighted by Crippen LogP contribution is -2.53. The molecule has 1 aromatic carbocycles. The minimum absolute atomic E-state index is 0.0677. The minimum Gasteiger partial charge on any atom is -0.493 e. The third-order valence-electron chi connectivity index (χ3n) is 4.22. The van der Waals surface area contributed by atoms with Gasteiger partial charge in [-0.25, -0.2) is 0 Å². The maximum Gasteiger partial charge on any atom is 0.230 e. The molecule has 0 saturated carbocycles. The number of fused-ring (bicyclic) bond motifs is 1. The Hall–Kier alpha value is -1.26. The van der Waals surface area contributed by atoms with Crippen LogP contribution in [0.15, 0.2) is 24.3 Å². The molecule has 1 saturated heterocycles. The van der Waals surface area contributed by atoms with Gasteiger partial charge in [-0.2, -0.15) is 0 Å². The monoisotopic (exact) mass is 309 g/mol. The van der Waals surface area contributed by atoms with Crippen LogP contribution < -0.4 is 4.74 Å². The average molecular weight is 310 g/mol. The van der Waals surface area contributed by atoms with Gasteiger partial charge in [0, 0.05) is 12.1 Å². The third kappa shape index (κ3) is 2.87. The summed E-state index contributed by atoms with van der Waals surface area (Å²) in [6.07, 6.45) is 0.660. The molecule has 0 N–H and O–H groups in total. The van der Waals surface area contributed by atoms with Crippen molar-refractivity contribution >= 4 is 17.5 Å². The summed E-state index contributed by atoms with van der Waals surface area (Å²) in [6.45, 7) is 3.73. The molecular weight excluding hydrogens is 290 g/mol. The van der Waals surface area contributed by atoms with Gasteiger partial charge < -0.3 is 14.4 Å². The average Bonchev–Trinajstić information content (AvgIpc) is 2.54. The lowest BCUT2D eigenvalue weighted by atomic mass is 9.91. The van der Waals surface area contributed by atoms with Gasteiger partial charge in [-0.1, -0.05) is 18.2 Å². The van der Waals surface area contributed by atoms with E-state index >= 15 is 0 Å². The normalized spacial score (nSPS) is 28.7. The van der Waals surface area contributed by atoms with Crippen LogP contribution in [0.25, 0.3) is 0 Å². The molecule has 0 aliphatic carbocycles. The predicted molar refractivity (Wildman–Crippen MR) is 80.9 cm³/mol. The number of carbonyl (C=O) groups is 1. The van der Waals surface area contributed by atoms with E-state index in [0.717, 1.165) is 17.7 Å². The molecule has 2 aliphatic rings. The third-order valence-corrected chi connectivity index (χ3v) is 4.56. The molecule has 3 unspecified atom stereocenters. The number of ether oxygens (including phenoxy) is 2. The summed E-state index contributed by atoms with van der Waals surface area (Å²) in [4.78, 5) is 14.9. The van der Waals surface area contributed by atoms with Crippen LogP contribution in [0.5, 0.6) is 5.75 Å². The van der Waals surface area contributed by atoms with Crippen LogP contribution in [-0.2, 0) is 9.53 Å². The fourth-order valence-corrected chi connectivity index (χ4v) is 3.20. The summed E-state index contributed by atoms with van der Waals surface area (Å²) in [5.41, 5.74) is 0.995. The van der Waals surface area contributed by atoms with Crippen LogP contribution in [0.2, 0.25) is 0 Å². The van der Waals surface area contributed by atoms with E-state index in [1.807, 2.05) is 36.1 Å². The topological polar surface area (TPSA) is 38.8 Å². The van der Waals surface area contributed by atoms with Crippen LogP contribution in [0.4, 0.5) is 0 Å². The molecule has 1 fully saturated rings. The lowest BCUT2D eigenvalue weighted by Gasteiger charge is -2.40. The molecule has 1 aromatic rings. The number of amides is 1.